The highest BCUT2D eigenvalue weighted by Gasteiger charge is 2.49. The highest BCUT2D eigenvalue weighted by atomic mass is 32.2. The summed E-state index contributed by atoms with van der Waals surface area (Å²) in [4.78, 5) is 24.8. The zero-order valence-corrected chi connectivity index (χ0v) is 13.8. The van der Waals surface area contributed by atoms with E-state index in [0.717, 1.165) is 6.26 Å². The van der Waals surface area contributed by atoms with Crippen molar-refractivity contribution in [1.82, 2.24) is 4.90 Å². The van der Waals surface area contributed by atoms with Crippen molar-refractivity contribution in [2.24, 2.45) is 0 Å². The van der Waals surface area contributed by atoms with Crippen molar-refractivity contribution in [2.45, 2.75) is 43.5 Å². The molecule has 1 aliphatic rings. The Balaban J connectivity index is 2.40. The first-order valence-corrected chi connectivity index (χ1v) is 8.70. The van der Waals surface area contributed by atoms with E-state index in [1.807, 2.05) is 0 Å². The van der Waals surface area contributed by atoms with E-state index in [1.54, 1.807) is 26.0 Å². The molecule has 1 heterocycles. The van der Waals surface area contributed by atoms with E-state index in [2.05, 4.69) is 0 Å². The molecule has 0 unspecified atom stereocenters. The maximum absolute atomic E-state index is 11.8. The Kier molecular flexibility index (Phi) is 4.14. The van der Waals surface area contributed by atoms with Gasteiger partial charge in [-0.2, -0.15) is 0 Å². The third-order valence-electron chi connectivity index (χ3n) is 3.72. The van der Waals surface area contributed by atoms with Gasteiger partial charge in [-0.3, -0.25) is 4.79 Å². The predicted molar refractivity (Wildman–Crippen MR) is 79.8 cm³/mol. The molecule has 1 aromatic rings. The van der Waals surface area contributed by atoms with Gasteiger partial charge in [0.1, 0.15) is 24.2 Å². The van der Waals surface area contributed by atoms with Crippen molar-refractivity contribution >= 4 is 22.0 Å². The van der Waals surface area contributed by atoms with Crippen LogP contribution in [0.3, 0.4) is 0 Å². The number of sulfone groups is 1. The first kappa shape index (κ1) is 16.6. The normalized spacial score (nSPS) is 24.3. The molecular formula is C15H19NO5S. The van der Waals surface area contributed by atoms with E-state index in [1.165, 1.54) is 24.0 Å². The highest BCUT2D eigenvalue weighted by molar-refractivity contribution is 7.90. The number of nitrogens with zero attached hydrogens (tertiary/aromatic N) is 1. The van der Waals surface area contributed by atoms with E-state index >= 15 is 0 Å². The van der Waals surface area contributed by atoms with E-state index in [0.29, 0.717) is 11.8 Å². The van der Waals surface area contributed by atoms with Gasteiger partial charge in [0.05, 0.1) is 4.90 Å². The second-order valence-electron chi connectivity index (χ2n) is 5.84. The number of amides is 1. The Morgan fingerprint density at radius 3 is 2.23 bits per heavy atom. The zero-order valence-electron chi connectivity index (χ0n) is 12.9. The number of hydrogen-bond donors (Lipinski definition) is 0. The molecule has 0 saturated carbocycles. The van der Waals surface area contributed by atoms with Gasteiger partial charge in [-0.05, 0) is 31.5 Å². The lowest BCUT2D eigenvalue weighted by Gasteiger charge is -2.30. The average molecular weight is 325 g/mol. The third kappa shape index (κ3) is 2.91. The van der Waals surface area contributed by atoms with Crippen LogP contribution in [0.15, 0.2) is 29.2 Å². The standard InChI is InChI=1S/C15H19NO5S/c1-10(18)16-13(9-17)14(21-15(16,2)3)11-5-7-12(8-6-11)22(4,19)20/h5-9,13-14H,1-4H3/t13-,14-/m0/s1. The van der Waals surface area contributed by atoms with Crippen molar-refractivity contribution in [2.75, 3.05) is 6.26 Å². The molecule has 1 saturated heterocycles. The zero-order chi connectivity index (χ0) is 16.7. The van der Waals surface area contributed by atoms with Crippen LogP contribution in [0.1, 0.15) is 32.4 Å². The summed E-state index contributed by atoms with van der Waals surface area (Å²) in [6.45, 7) is 4.82. The monoisotopic (exact) mass is 325 g/mol. The van der Waals surface area contributed by atoms with Crippen LogP contribution < -0.4 is 0 Å². The molecule has 0 bridgehead atoms. The van der Waals surface area contributed by atoms with Gasteiger partial charge in [-0.15, -0.1) is 0 Å². The Morgan fingerprint density at radius 2 is 1.82 bits per heavy atom. The SMILES string of the molecule is CC(=O)N1[C@@H](C=O)[C@H](c2ccc(S(C)(=O)=O)cc2)OC1(C)C. The van der Waals surface area contributed by atoms with Crippen molar-refractivity contribution in [3.05, 3.63) is 29.8 Å². The summed E-state index contributed by atoms with van der Waals surface area (Å²) in [7, 11) is -3.28. The first-order chi connectivity index (χ1) is 10.1. The number of benzene rings is 1. The fourth-order valence-electron chi connectivity index (χ4n) is 2.82. The molecule has 1 amide bonds. The molecule has 22 heavy (non-hydrogen) atoms. The maximum atomic E-state index is 11.8. The molecule has 120 valence electrons. The quantitative estimate of drug-likeness (QED) is 0.783. The fourth-order valence-corrected chi connectivity index (χ4v) is 3.45. The summed E-state index contributed by atoms with van der Waals surface area (Å²) >= 11 is 0. The molecule has 0 radical (unpaired) electrons. The summed E-state index contributed by atoms with van der Waals surface area (Å²) < 4.78 is 28.8. The molecular weight excluding hydrogens is 306 g/mol. The molecule has 1 fully saturated rings. The Bertz CT molecular complexity index is 693. The fraction of sp³-hybridized carbons (Fsp3) is 0.467. The minimum atomic E-state index is -3.28. The molecule has 0 aromatic heterocycles. The lowest BCUT2D eigenvalue weighted by atomic mass is 10.0. The molecule has 7 heteroatoms. The third-order valence-corrected chi connectivity index (χ3v) is 4.85. The smallest absolute Gasteiger partial charge is 0.222 e. The molecule has 1 aromatic carbocycles. The molecule has 0 spiro atoms. The van der Waals surface area contributed by atoms with E-state index in [-0.39, 0.29) is 10.8 Å². The number of carbonyl (C=O) groups excluding carboxylic acids is 2. The van der Waals surface area contributed by atoms with Crippen LogP contribution in [-0.2, 0) is 24.2 Å². The minimum Gasteiger partial charge on any atom is -0.346 e. The van der Waals surface area contributed by atoms with Crippen molar-refractivity contribution < 1.29 is 22.7 Å². The number of ether oxygens (including phenoxy) is 1. The number of aldehydes is 1. The highest BCUT2D eigenvalue weighted by Crippen LogP contribution is 2.40. The predicted octanol–water partition coefficient (Wildman–Crippen LogP) is 1.31. The molecule has 2 rings (SSSR count). The van der Waals surface area contributed by atoms with E-state index in [4.69, 9.17) is 4.74 Å². The van der Waals surface area contributed by atoms with Gasteiger partial charge in [-0.25, -0.2) is 8.42 Å². The second kappa shape index (κ2) is 5.48. The largest absolute Gasteiger partial charge is 0.346 e. The van der Waals surface area contributed by atoms with E-state index < -0.39 is 27.7 Å². The van der Waals surface area contributed by atoms with Crippen LogP contribution in [0.4, 0.5) is 0 Å². The van der Waals surface area contributed by atoms with Crippen LogP contribution in [0.2, 0.25) is 0 Å². The molecule has 2 atom stereocenters. The van der Waals surface area contributed by atoms with Gasteiger partial charge in [-0.1, -0.05) is 12.1 Å². The van der Waals surface area contributed by atoms with Gasteiger partial charge in [0, 0.05) is 13.2 Å². The van der Waals surface area contributed by atoms with Crippen LogP contribution in [0.5, 0.6) is 0 Å². The molecule has 1 aliphatic heterocycles. The molecule has 6 nitrogen and oxygen atoms in total. The second-order valence-corrected chi connectivity index (χ2v) is 7.86. The van der Waals surface area contributed by atoms with Crippen LogP contribution >= 0.6 is 0 Å². The summed E-state index contributed by atoms with van der Waals surface area (Å²) in [6, 6.07) is 5.42. The summed E-state index contributed by atoms with van der Waals surface area (Å²) in [5.41, 5.74) is -0.251. The average Bonchev–Trinajstić information content (AvgIpc) is 2.69. The van der Waals surface area contributed by atoms with Crippen LogP contribution in [0, 0.1) is 0 Å². The Hall–Kier alpha value is -1.73. The topological polar surface area (TPSA) is 80.8 Å². The van der Waals surface area contributed by atoms with Gasteiger partial charge >= 0.3 is 0 Å². The Morgan fingerprint density at radius 1 is 1.27 bits per heavy atom. The minimum absolute atomic E-state index is 0.194. The van der Waals surface area contributed by atoms with Gasteiger partial charge < -0.3 is 14.4 Å². The number of carbonyl (C=O) groups is 2. The van der Waals surface area contributed by atoms with Gasteiger partial charge in [0.25, 0.3) is 0 Å². The van der Waals surface area contributed by atoms with Gasteiger partial charge in [0.2, 0.25) is 5.91 Å². The van der Waals surface area contributed by atoms with E-state index in [9.17, 15) is 18.0 Å². The lowest BCUT2D eigenvalue weighted by Crippen LogP contribution is -2.47. The lowest BCUT2D eigenvalue weighted by molar-refractivity contribution is -0.146. The molecule has 0 N–H and O–H groups in total. The maximum Gasteiger partial charge on any atom is 0.222 e. The molecule has 0 aliphatic carbocycles. The number of hydrogen-bond acceptors (Lipinski definition) is 5. The summed E-state index contributed by atoms with van der Waals surface area (Å²) in [5, 5.41) is 0. The first-order valence-electron chi connectivity index (χ1n) is 6.81. The van der Waals surface area contributed by atoms with Crippen molar-refractivity contribution in [3.63, 3.8) is 0 Å². The van der Waals surface area contributed by atoms with Crippen molar-refractivity contribution in [3.8, 4) is 0 Å². The van der Waals surface area contributed by atoms with Gasteiger partial charge in [0.15, 0.2) is 9.84 Å². The van der Waals surface area contributed by atoms with Crippen LogP contribution in [0.25, 0.3) is 0 Å². The van der Waals surface area contributed by atoms with Crippen LogP contribution in [-0.4, -0.2) is 43.5 Å². The summed E-state index contributed by atoms with van der Waals surface area (Å²) in [5.74, 6) is -0.252. The number of rotatable bonds is 3. The Labute approximate surface area is 130 Å². The summed E-state index contributed by atoms with van der Waals surface area (Å²) in [6.07, 6.45) is 1.19. The van der Waals surface area contributed by atoms with Crippen molar-refractivity contribution in [1.29, 1.82) is 0 Å².